The Balaban J connectivity index is 2.35. The summed E-state index contributed by atoms with van der Waals surface area (Å²) < 4.78 is 0. The van der Waals surface area contributed by atoms with E-state index in [1.807, 2.05) is 0 Å². The van der Waals surface area contributed by atoms with Gasteiger partial charge in [-0.05, 0) is 24.7 Å². The molecule has 0 spiro atoms. The number of aliphatic hydroxyl groups is 1. The fourth-order valence-electron chi connectivity index (χ4n) is 1.50. The minimum atomic E-state index is -0.0197. The van der Waals surface area contributed by atoms with Crippen molar-refractivity contribution in [3.63, 3.8) is 0 Å². The maximum atomic E-state index is 9.35. The zero-order valence-electron chi connectivity index (χ0n) is 6.30. The molecule has 0 aromatic carbocycles. The van der Waals surface area contributed by atoms with Crippen molar-refractivity contribution < 1.29 is 5.11 Å². The Morgan fingerprint density at radius 1 is 1.22 bits per heavy atom. The van der Waals surface area contributed by atoms with E-state index in [1.54, 1.807) is 0 Å². The number of hydrogen-bond acceptors (Lipinski definition) is 1. The van der Waals surface area contributed by atoms with Crippen LogP contribution < -0.4 is 0 Å². The first-order chi connectivity index (χ1) is 4.20. The molecule has 0 aromatic heterocycles. The van der Waals surface area contributed by atoms with E-state index in [1.165, 1.54) is 12.8 Å². The Labute approximate surface area is 57.1 Å². The summed E-state index contributed by atoms with van der Waals surface area (Å²) in [5.41, 5.74) is 0. The molecule has 0 unspecified atom stereocenters. The van der Waals surface area contributed by atoms with E-state index in [2.05, 4.69) is 13.8 Å². The summed E-state index contributed by atoms with van der Waals surface area (Å²) in [5.74, 6) is 1.29. The molecule has 0 heterocycles. The first-order valence-corrected chi connectivity index (χ1v) is 3.88. The Morgan fingerprint density at radius 3 is 2.33 bits per heavy atom. The maximum Gasteiger partial charge on any atom is 0.0568 e. The van der Waals surface area contributed by atoms with Crippen molar-refractivity contribution in [2.75, 3.05) is 0 Å². The smallest absolute Gasteiger partial charge is 0.0568 e. The summed E-state index contributed by atoms with van der Waals surface area (Å²) >= 11 is 0. The van der Waals surface area contributed by atoms with Gasteiger partial charge in [0.25, 0.3) is 0 Å². The van der Waals surface area contributed by atoms with Crippen molar-refractivity contribution in [1.29, 1.82) is 0 Å². The van der Waals surface area contributed by atoms with Crippen molar-refractivity contribution in [2.45, 2.75) is 39.2 Å². The number of aliphatic hydroxyl groups excluding tert-OH is 1. The van der Waals surface area contributed by atoms with Gasteiger partial charge in [-0.2, -0.15) is 0 Å². The molecule has 0 bridgehead atoms. The summed E-state index contributed by atoms with van der Waals surface area (Å²) in [4.78, 5) is 0. The summed E-state index contributed by atoms with van der Waals surface area (Å²) in [6.07, 6.45) is 3.51. The van der Waals surface area contributed by atoms with Crippen LogP contribution in [0.15, 0.2) is 0 Å². The third-order valence-corrected chi connectivity index (χ3v) is 2.42. The van der Waals surface area contributed by atoms with E-state index < -0.39 is 0 Å². The largest absolute Gasteiger partial charge is 0.393 e. The van der Waals surface area contributed by atoms with Crippen molar-refractivity contribution >= 4 is 0 Å². The first kappa shape index (κ1) is 7.07. The average Bonchev–Trinajstić information content (AvgIpc) is 1.80. The predicted molar refractivity (Wildman–Crippen MR) is 38.2 cm³/mol. The minimum absolute atomic E-state index is 0.0197. The number of hydrogen-bond donors (Lipinski definition) is 1. The monoisotopic (exact) mass is 128 g/mol. The molecule has 0 aliphatic heterocycles. The van der Waals surface area contributed by atoms with Crippen LogP contribution in [0.4, 0.5) is 0 Å². The lowest BCUT2D eigenvalue weighted by Crippen LogP contribution is -2.25. The second-order valence-corrected chi connectivity index (χ2v) is 3.46. The molecule has 1 nitrogen and oxygen atoms in total. The molecule has 1 aliphatic rings. The molecule has 0 amide bonds. The van der Waals surface area contributed by atoms with Crippen molar-refractivity contribution in [3.05, 3.63) is 0 Å². The highest BCUT2D eigenvalue weighted by Crippen LogP contribution is 2.27. The second kappa shape index (κ2) is 2.70. The standard InChI is InChI=1S/C8H16O/c1-6-3-4-7(2)8(9)5-6/h6-9H,3-5H2,1-2H3/t6-,7-,8+/m0/s1. The molecule has 1 rings (SSSR count). The Bertz CT molecular complexity index is 90.6. The fraction of sp³-hybridized carbons (Fsp3) is 1.00. The van der Waals surface area contributed by atoms with Gasteiger partial charge in [-0.15, -0.1) is 0 Å². The van der Waals surface area contributed by atoms with Gasteiger partial charge in [0.05, 0.1) is 6.10 Å². The van der Waals surface area contributed by atoms with Crippen molar-refractivity contribution in [1.82, 2.24) is 0 Å². The summed E-state index contributed by atoms with van der Waals surface area (Å²) in [7, 11) is 0. The Kier molecular flexibility index (Phi) is 2.12. The lowest BCUT2D eigenvalue weighted by Gasteiger charge is -2.28. The summed E-state index contributed by atoms with van der Waals surface area (Å²) in [6.45, 7) is 4.35. The molecule has 1 heteroatoms. The van der Waals surface area contributed by atoms with E-state index >= 15 is 0 Å². The van der Waals surface area contributed by atoms with Crippen LogP contribution in [0.2, 0.25) is 0 Å². The van der Waals surface area contributed by atoms with Crippen molar-refractivity contribution in [2.24, 2.45) is 11.8 Å². The molecule has 1 N–H and O–H groups in total. The summed E-state index contributed by atoms with van der Waals surface area (Å²) in [5, 5.41) is 9.35. The van der Waals surface area contributed by atoms with Crippen LogP contribution in [0.3, 0.4) is 0 Å². The normalized spacial score (nSPS) is 45.0. The van der Waals surface area contributed by atoms with Crippen LogP contribution in [0.5, 0.6) is 0 Å². The molecule has 1 aliphatic carbocycles. The lowest BCUT2D eigenvalue weighted by molar-refractivity contribution is 0.0577. The Morgan fingerprint density at radius 2 is 1.89 bits per heavy atom. The summed E-state index contributed by atoms with van der Waals surface area (Å²) in [6, 6.07) is 0. The first-order valence-electron chi connectivity index (χ1n) is 3.88. The quantitative estimate of drug-likeness (QED) is 0.527. The van der Waals surface area contributed by atoms with Crippen LogP contribution in [0, 0.1) is 11.8 Å². The average molecular weight is 128 g/mol. The predicted octanol–water partition coefficient (Wildman–Crippen LogP) is 1.80. The fourth-order valence-corrected chi connectivity index (χ4v) is 1.50. The molecular weight excluding hydrogens is 112 g/mol. The van der Waals surface area contributed by atoms with E-state index in [4.69, 9.17) is 0 Å². The third kappa shape index (κ3) is 1.68. The van der Waals surface area contributed by atoms with Crippen LogP contribution in [-0.2, 0) is 0 Å². The molecule has 54 valence electrons. The van der Waals surface area contributed by atoms with Gasteiger partial charge in [-0.25, -0.2) is 0 Å². The van der Waals surface area contributed by atoms with E-state index in [0.717, 1.165) is 12.3 Å². The minimum Gasteiger partial charge on any atom is -0.393 e. The molecule has 0 saturated heterocycles. The zero-order chi connectivity index (χ0) is 6.85. The van der Waals surface area contributed by atoms with Gasteiger partial charge in [0.2, 0.25) is 0 Å². The van der Waals surface area contributed by atoms with Gasteiger partial charge >= 0.3 is 0 Å². The molecule has 0 radical (unpaired) electrons. The van der Waals surface area contributed by atoms with Crippen LogP contribution in [0.25, 0.3) is 0 Å². The van der Waals surface area contributed by atoms with Gasteiger partial charge in [0.15, 0.2) is 0 Å². The maximum absolute atomic E-state index is 9.35. The molecule has 9 heavy (non-hydrogen) atoms. The van der Waals surface area contributed by atoms with E-state index in [-0.39, 0.29) is 6.10 Å². The molecule has 1 saturated carbocycles. The number of rotatable bonds is 0. The van der Waals surface area contributed by atoms with Crippen LogP contribution >= 0.6 is 0 Å². The van der Waals surface area contributed by atoms with E-state index in [0.29, 0.717) is 5.92 Å². The third-order valence-electron chi connectivity index (χ3n) is 2.42. The van der Waals surface area contributed by atoms with Crippen LogP contribution in [0.1, 0.15) is 33.1 Å². The van der Waals surface area contributed by atoms with Gasteiger partial charge in [0, 0.05) is 0 Å². The molecular formula is C8H16O. The van der Waals surface area contributed by atoms with Crippen molar-refractivity contribution in [3.8, 4) is 0 Å². The zero-order valence-corrected chi connectivity index (χ0v) is 6.30. The topological polar surface area (TPSA) is 20.2 Å². The highest BCUT2D eigenvalue weighted by Gasteiger charge is 2.22. The highest BCUT2D eigenvalue weighted by atomic mass is 16.3. The van der Waals surface area contributed by atoms with Gasteiger partial charge in [-0.3, -0.25) is 0 Å². The molecule has 1 fully saturated rings. The Hall–Kier alpha value is -0.0400. The molecule has 3 atom stereocenters. The van der Waals surface area contributed by atoms with Gasteiger partial charge in [-0.1, -0.05) is 20.3 Å². The van der Waals surface area contributed by atoms with Gasteiger partial charge < -0.3 is 5.11 Å². The highest BCUT2D eigenvalue weighted by molar-refractivity contribution is 4.74. The van der Waals surface area contributed by atoms with Gasteiger partial charge in [0.1, 0.15) is 0 Å². The lowest BCUT2D eigenvalue weighted by atomic mass is 9.82. The van der Waals surface area contributed by atoms with E-state index in [9.17, 15) is 5.11 Å². The SMILES string of the molecule is C[C@H]1CC[C@H](C)[C@H](O)C1. The molecule has 0 aromatic rings. The van der Waals surface area contributed by atoms with Crippen LogP contribution in [-0.4, -0.2) is 11.2 Å². The second-order valence-electron chi connectivity index (χ2n) is 3.46.